The van der Waals surface area contributed by atoms with E-state index in [4.69, 9.17) is 16.3 Å². The Hall–Kier alpha value is -2.66. The number of carbonyl (C=O) groups excluding carboxylic acids is 3. The van der Waals surface area contributed by atoms with Gasteiger partial charge in [0.15, 0.2) is 17.5 Å². The Morgan fingerprint density at radius 3 is 2.36 bits per heavy atom. The summed E-state index contributed by atoms with van der Waals surface area (Å²) in [6.07, 6.45) is 0. The molecular weight excluding hydrogens is 342 g/mol. The normalized spacial score (nSPS) is 17.0. The summed E-state index contributed by atoms with van der Waals surface area (Å²) < 4.78 is 5.09. The number of likely N-dealkylation sites (tertiary alicyclic amines) is 1. The van der Waals surface area contributed by atoms with E-state index < -0.39 is 17.6 Å². The second-order valence-corrected chi connectivity index (χ2v) is 6.25. The summed E-state index contributed by atoms with van der Waals surface area (Å²) in [5.41, 5.74) is 1.17. The van der Waals surface area contributed by atoms with E-state index in [2.05, 4.69) is 0 Å². The molecule has 1 saturated heterocycles. The van der Waals surface area contributed by atoms with E-state index in [1.165, 1.54) is 17.0 Å². The van der Waals surface area contributed by atoms with Gasteiger partial charge in [0.05, 0.1) is 13.7 Å². The van der Waals surface area contributed by atoms with Gasteiger partial charge in [-0.25, -0.2) is 0 Å². The molecule has 3 rings (SSSR count). The number of methoxy groups -OCH3 is 1. The predicted octanol–water partition coefficient (Wildman–Crippen LogP) is 2.76. The quantitative estimate of drug-likeness (QED) is 0.609. The molecule has 2 aromatic carbocycles. The van der Waals surface area contributed by atoms with Crippen molar-refractivity contribution in [1.82, 2.24) is 4.90 Å². The van der Waals surface area contributed by atoms with Crippen LogP contribution in [0.2, 0.25) is 5.02 Å². The molecule has 0 N–H and O–H groups in total. The Morgan fingerprint density at radius 1 is 1.12 bits per heavy atom. The molecule has 1 atom stereocenters. The minimum Gasteiger partial charge on any atom is -0.497 e. The first kappa shape index (κ1) is 17.2. The highest BCUT2D eigenvalue weighted by Crippen LogP contribution is 2.23. The van der Waals surface area contributed by atoms with Gasteiger partial charge in [-0.05, 0) is 42.0 Å². The lowest BCUT2D eigenvalue weighted by Crippen LogP contribution is -2.30. The third-order valence-corrected chi connectivity index (χ3v) is 4.40. The van der Waals surface area contributed by atoms with Crippen molar-refractivity contribution in [3.05, 3.63) is 64.7 Å². The molecule has 0 saturated carbocycles. The highest BCUT2D eigenvalue weighted by atomic mass is 35.5. The summed E-state index contributed by atoms with van der Waals surface area (Å²) >= 11 is 5.81. The highest BCUT2D eigenvalue weighted by molar-refractivity contribution is 6.31. The first-order valence-corrected chi connectivity index (χ1v) is 8.11. The molecule has 25 heavy (non-hydrogen) atoms. The zero-order valence-corrected chi connectivity index (χ0v) is 14.3. The minimum absolute atomic E-state index is 0.0607. The van der Waals surface area contributed by atoms with Gasteiger partial charge < -0.3 is 9.64 Å². The summed E-state index contributed by atoms with van der Waals surface area (Å²) in [6, 6.07) is 13.4. The van der Waals surface area contributed by atoms with Gasteiger partial charge >= 0.3 is 0 Å². The van der Waals surface area contributed by atoms with E-state index in [-0.39, 0.29) is 18.9 Å². The zero-order chi connectivity index (χ0) is 18.0. The van der Waals surface area contributed by atoms with Gasteiger partial charge in [-0.15, -0.1) is 0 Å². The molecule has 0 spiro atoms. The van der Waals surface area contributed by atoms with Gasteiger partial charge in [-0.1, -0.05) is 23.7 Å². The van der Waals surface area contributed by atoms with Crippen LogP contribution in [0.3, 0.4) is 0 Å². The number of Topliss-reactive ketones (excluding diaryl/α,β-unsaturated/α-hetero) is 2. The molecule has 128 valence electrons. The van der Waals surface area contributed by atoms with E-state index in [1.54, 1.807) is 31.4 Å². The molecule has 0 aliphatic carbocycles. The number of rotatable bonds is 5. The minimum atomic E-state index is -1.26. The van der Waals surface area contributed by atoms with E-state index >= 15 is 0 Å². The fraction of sp³-hybridized carbons (Fsp3) is 0.211. The van der Waals surface area contributed by atoms with E-state index in [0.29, 0.717) is 16.3 Å². The lowest BCUT2D eigenvalue weighted by atomic mass is 9.95. The van der Waals surface area contributed by atoms with E-state index in [1.807, 2.05) is 12.1 Å². The number of hydrogen-bond donors (Lipinski definition) is 0. The Labute approximate surface area is 150 Å². The van der Waals surface area contributed by atoms with Crippen LogP contribution in [-0.4, -0.2) is 36.0 Å². The first-order chi connectivity index (χ1) is 12.0. The van der Waals surface area contributed by atoms with Crippen LogP contribution < -0.4 is 4.74 Å². The Balaban J connectivity index is 1.75. The van der Waals surface area contributed by atoms with Crippen molar-refractivity contribution < 1.29 is 19.1 Å². The summed E-state index contributed by atoms with van der Waals surface area (Å²) in [7, 11) is 1.57. The number of benzene rings is 2. The van der Waals surface area contributed by atoms with Crippen LogP contribution in [0.4, 0.5) is 0 Å². The number of hydrogen-bond acceptors (Lipinski definition) is 4. The monoisotopic (exact) mass is 357 g/mol. The standard InChI is InChI=1S/C19H16ClNO4/c1-25-15-8-2-12(3-9-15)10-21-11-16(22)17(19(21)24)18(23)13-4-6-14(20)7-5-13/h2-9,17H,10-11H2,1H3. The predicted molar refractivity (Wildman–Crippen MR) is 92.7 cm³/mol. The van der Waals surface area contributed by atoms with Gasteiger partial charge in [0.1, 0.15) is 5.75 Å². The molecule has 1 heterocycles. The topological polar surface area (TPSA) is 63.7 Å². The van der Waals surface area contributed by atoms with Gasteiger partial charge in [0.2, 0.25) is 5.91 Å². The fourth-order valence-corrected chi connectivity index (χ4v) is 2.93. The Kier molecular flexibility index (Phi) is 4.86. The van der Waals surface area contributed by atoms with Gasteiger partial charge in [0.25, 0.3) is 0 Å². The third kappa shape index (κ3) is 3.56. The Morgan fingerprint density at radius 2 is 1.76 bits per heavy atom. The average Bonchev–Trinajstić information content (AvgIpc) is 2.89. The zero-order valence-electron chi connectivity index (χ0n) is 13.6. The fourth-order valence-electron chi connectivity index (χ4n) is 2.80. The highest BCUT2D eigenvalue weighted by Gasteiger charge is 2.44. The van der Waals surface area contributed by atoms with Crippen molar-refractivity contribution in [2.75, 3.05) is 13.7 Å². The summed E-state index contributed by atoms with van der Waals surface area (Å²) in [5.74, 6) is -1.87. The number of halogens is 1. The van der Waals surface area contributed by atoms with Crippen molar-refractivity contribution in [3.8, 4) is 5.75 Å². The summed E-state index contributed by atoms with van der Waals surface area (Å²) in [5, 5.41) is 0.488. The van der Waals surface area contributed by atoms with E-state index in [9.17, 15) is 14.4 Å². The maximum atomic E-state index is 12.6. The largest absolute Gasteiger partial charge is 0.497 e. The number of carbonyl (C=O) groups is 3. The molecule has 1 aliphatic heterocycles. The average molecular weight is 358 g/mol. The molecule has 1 fully saturated rings. The van der Waals surface area contributed by atoms with E-state index in [0.717, 1.165) is 5.56 Å². The molecule has 2 aromatic rings. The SMILES string of the molecule is COc1ccc(CN2CC(=O)C(C(=O)c3ccc(Cl)cc3)C2=O)cc1. The van der Waals surface area contributed by atoms with Crippen LogP contribution in [0.5, 0.6) is 5.75 Å². The molecule has 0 aromatic heterocycles. The molecule has 0 bridgehead atoms. The number of ether oxygens (including phenoxy) is 1. The van der Waals surface area contributed by atoms with Gasteiger partial charge in [-0.3, -0.25) is 14.4 Å². The van der Waals surface area contributed by atoms with Crippen LogP contribution in [0.25, 0.3) is 0 Å². The maximum Gasteiger partial charge on any atom is 0.241 e. The number of nitrogens with zero attached hydrogens (tertiary/aromatic N) is 1. The van der Waals surface area contributed by atoms with Crippen LogP contribution in [0, 0.1) is 5.92 Å². The second-order valence-electron chi connectivity index (χ2n) is 5.81. The van der Waals surface area contributed by atoms with Crippen molar-refractivity contribution in [2.45, 2.75) is 6.54 Å². The summed E-state index contributed by atoms with van der Waals surface area (Å²) in [6.45, 7) is 0.216. The van der Waals surface area contributed by atoms with Crippen molar-refractivity contribution >= 4 is 29.1 Å². The first-order valence-electron chi connectivity index (χ1n) is 7.74. The lowest BCUT2D eigenvalue weighted by Gasteiger charge is -2.15. The van der Waals surface area contributed by atoms with Crippen LogP contribution in [-0.2, 0) is 16.1 Å². The third-order valence-electron chi connectivity index (χ3n) is 4.15. The number of ketones is 2. The second kappa shape index (κ2) is 7.07. The van der Waals surface area contributed by atoms with Crippen LogP contribution in [0.1, 0.15) is 15.9 Å². The molecule has 1 amide bonds. The van der Waals surface area contributed by atoms with Gasteiger partial charge in [0, 0.05) is 17.1 Å². The van der Waals surface area contributed by atoms with Crippen molar-refractivity contribution in [2.24, 2.45) is 5.92 Å². The molecule has 1 aliphatic rings. The van der Waals surface area contributed by atoms with Crippen LogP contribution >= 0.6 is 11.6 Å². The molecule has 1 unspecified atom stereocenters. The molecule has 5 nitrogen and oxygen atoms in total. The van der Waals surface area contributed by atoms with Crippen molar-refractivity contribution in [1.29, 1.82) is 0 Å². The molecular formula is C19H16ClNO4. The lowest BCUT2D eigenvalue weighted by molar-refractivity contribution is -0.130. The molecule has 6 heteroatoms. The maximum absolute atomic E-state index is 12.6. The summed E-state index contributed by atoms with van der Waals surface area (Å²) in [4.78, 5) is 38.7. The van der Waals surface area contributed by atoms with Crippen molar-refractivity contribution in [3.63, 3.8) is 0 Å². The number of amides is 1. The Bertz CT molecular complexity index is 814. The smallest absolute Gasteiger partial charge is 0.241 e. The van der Waals surface area contributed by atoms with Crippen LogP contribution in [0.15, 0.2) is 48.5 Å². The van der Waals surface area contributed by atoms with Gasteiger partial charge in [-0.2, -0.15) is 0 Å². The molecule has 0 radical (unpaired) electrons.